The number of rotatable bonds is 7. The number of carbonyl (C=O) groups is 2. The number of hydrogen-bond donors (Lipinski definition) is 2. The van der Waals surface area contributed by atoms with Gasteiger partial charge >= 0.3 is 12.1 Å². The first kappa shape index (κ1) is 27.8. The third kappa shape index (κ3) is 5.85. The molecule has 8 heteroatoms. The number of carboxylic acids is 1. The topological polar surface area (TPSA) is 71.3 Å². The van der Waals surface area contributed by atoms with Gasteiger partial charge in [-0.15, -0.1) is 0 Å². The maximum absolute atomic E-state index is 13.7. The Morgan fingerprint density at radius 3 is 2.21 bits per heavy atom. The molecule has 0 fully saturated rings. The highest BCUT2D eigenvalue weighted by atomic mass is 19.4. The summed E-state index contributed by atoms with van der Waals surface area (Å²) in [6.45, 7) is 0.619. The van der Waals surface area contributed by atoms with Crippen molar-refractivity contribution in [2.75, 3.05) is 0 Å². The van der Waals surface area contributed by atoms with Crippen LogP contribution in [0.3, 0.4) is 0 Å². The molecule has 2 N–H and O–H groups in total. The van der Waals surface area contributed by atoms with Crippen molar-refractivity contribution in [3.8, 4) is 11.1 Å². The molecular weight excluding hydrogens is 553 g/mol. The zero-order valence-corrected chi connectivity index (χ0v) is 22.7. The lowest BCUT2D eigenvalue weighted by Gasteiger charge is -2.14. The van der Waals surface area contributed by atoms with E-state index < -0.39 is 23.6 Å². The molecule has 5 nitrogen and oxygen atoms in total. The van der Waals surface area contributed by atoms with Crippen molar-refractivity contribution in [1.29, 1.82) is 0 Å². The molecule has 6 aromatic rings. The van der Waals surface area contributed by atoms with Crippen LogP contribution in [0.4, 0.5) is 13.2 Å². The van der Waals surface area contributed by atoms with Gasteiger partial charge in [-0.25, -0.2) is 4.79 Å². The van der Waals surface area contributed by atoms with Gasteiger partial charge in [-0.05, 0) is 81.6 Å². The molecule has 0 saturated carbocycles. The standard InChI is InChI=1S/C35H25F3N2O3/c36-35(37,38)30-7-3-6-27(18-30)29-17-28-14-15-40(21-23-10-11-24-4-1-2-5-26(24)16-23)32(28)31(19-29)33(41)39-20-22-8-12-25(13-9-22)34(42)43/h1-19H,20-21H2,(H,39,41)(H,42,43). The Kier molecular flexibility index (Phi) is 7.19. The molecule has 43 heavy (non-hydrogen) atoms. The van der Waals surface area contributed by atoms with E-state index in [1.807, 2.05) is 53.2 Å². The van der Waals surface area contributed by atoms with Gasteiger partial charge in [0.2, 0.25) is 0 Å². The van der Waals surface area contributed by atoms with Crippen molar-refractivity contribution in [3.05, 3.63) is 143 Å². The normalized spacial score (nSPS) is 11.6. The van der Waals surface area contributed by atoms with Gasteiger partial charge in [-0.1, -0.05) is 60.7 Å². The number of amides is 1. The summed E-state index contributed by atoms with van der Waals surface area (Å²) in [4.78, 5) is 24.9. The average Bonchev–Trinajstić information content (AvgIpc) is 3.41. The van der Waals surface area contributed by atoms with Gasteiger partial charge in [-0.2, -0.15) is 13.2 Å². The molecular formula is C35H25F3N2O3. The summed E-state index contributed by atoms with van der Waals surface area (Å²) in [5.74, 6) is -1.45. The molecule has 0 saturated heterocycles. The fraction of sp³-hybridized carbons (Fsp3) is 0.0857. The SMILES string of the molecule is O=C(O)c1ccc(CNC(=O)c2cc(-c3cccc(C(F)(F)F)c3)cc3ccn(Cc4ccc5ccccc5c4)c23)cc1. The number of nitrogens with zero attached hydrogens (tertiary/aromatic N) is 1. The number of halogens is 3. The summed E-state index contributed by atoms with van der Waals surface area (Å²) in [5.41, 5.74) is 2.90. The second kappa shape index (κ2) is 11.1. The minimum absolute atomic E-state index is 0.136. The maximum Gasteiger partial charge on any atom is 0.416 e. The minimum Gasteiger partial charge on any atom is -0.478 e. The van der Waals surface area contributed by atoms with Crippen molar-refractivity contribution in [1.82, 2.24) is 9.88 Å². The van der Waals surface area contributed by atoms with Gasteiger partial charge in [-0.3, -0.25) is 4.79 Å². The summed E-state index contributed by atoms with van der Waals surface area (Å²) in [6.07, 6.45) is -2.63. The van der Waals surface area contributed by atoms with Gasteiger partial charge in [0, 0.05) is 24.7 Å². The largest absolute Gasteiger partial charge is 0.478 e. The molecule has 6 rings (SSSR count). The molecule has 0 aliphatic heterocycles. The van der Waals surface area contributed by atoms with E-state index in [-0.39, 0.29) is 12.1 Å². The fourth-order valence-corrected chi connectivity index (χ4v) is 5.27. The molecule has 0 atom stereocenters. The van der Waals surface area contributed by atoms with Crippen molar-refractivity contribution in [3.63, 3.8) is 0 Å². The van der Waals surface area contributed by atoms with Gasteiger partial charge in [0.1, 0.15) is 0 Å². The number of carbonyl (C=O) groups excluding carboxylic acids is 1. The molecule has 1 amide bonds. The maximum atomic E-state index is 13.7. The van der Waals surface area contributed by atoms with E-state index in [1.54, 1.807) is 30.3 Å². The number of fused-ring (bicyclic) bond motifs is 2. The Labute approximate surface area is 244 Å². The molecule has 0 unspecified atom stereocenters. The average molecular weight is 579 g/mol. The predicted molar refractivity (Wildman–Crippen MR) is 160 cm³/mol. The molecule has 0 bridgehead atoms. The van der Waals surface area contributed by atoms with E-state index in [1.165, 1.54) is 18.2 Å². The van der Waals surface area contributed by atoms with Gasteiger partial charge in [0.05, 0.1) is 22.2 Å². The van der Waals surface area contributed by atoms with E-state index in [0.717, 1.165) is 28.5 Å². The Bertz CT molecular complexity index is 1990. The highest BCUT2D eigenvalue weighted by molar-refractivity contribution is 6.08. The van der Waals surface area contributed by atoms with Crippen LogP contribution >= 0.6 is 0 Å². The Morgan fingerprint density at radius 2 is 1.47 bits per heavy atom. The highest BCUT2D eigenvalue weighted by Crippen LogP contribution is 2.34. The van der Waals surface area contributed by atoms with Crippen molar-refractivity contribution in [2.45, 2.75) is 19.3 Å². The summed E-state index contributed by atoms with van der Waals surface area (Å²) < 4.78 is 42.4. The Morgan fingerprint density at radius 1 is 0.721 bits per heavy atom. The first-order valence-corrected chi connectivity index (χ1v) is 13.5. The fourth-order valence-electron chi connectivity index (χ4n) is 5.27. The van der Waals surface area contributed by atoms with Crippen LogP contribution in [0, 0.1) is 0 Å². The Balaban J connectivity index is 1.39. The number of alkyl halides is 3. The van der Waals surface area contributed by atoms with E-state index in [2.05, 4.69) is 11.4 Å². The van der Waals surface area contributed by atoms with Crippen LogP contribution in [0.1, 0.15) is 37.4 Å². The van der Waals surface area contributed by atoms with Crippen LogP contribution in [-0.4, -0.2) is 21.6 Å². The molecule has 0 radical (unpaired) electrons. The number of aromatic nitrogens is 1. The third-order valence-electron chi connectivity index (χ3n) is 7.45. The van der Waals surface area contributed by atoms with Crippen LogP contribution in [0.2, 0.25) is 0 Å². The molecule has 1 aromatic heterocycles. The second-order valence-corrected chi connectivity index (χ2v) is 10.4. The highest BCUT2D eigenvalue weighted by Gasteiger charge is 2.30. The van der Waals surface area contributed by atoms with E-state index >= 15 is 0 Å². The summed E-state index contributed by atoms with van der Waals surface area (Å²) in [7, 11) is 0. The molecule has 5 aromatic carbocycles. The number of carboxylic acid groups (broad SMARTS) is 1. The van der Waals surface area contributed by atoms with Crippen LogP contribution in [0.15, 0.2) is 115 Å². The van der Waals surface area contributed by atoms with Crippen LogP contribution in [0.25, 0.3) is 32.8 Å². The number of aromatic carboxylic acids is 1. The molecule has 0 aliphatic carbocycles. The third-order valence-corrected chi connectivity index (χ3v) is 7.45. The van der Waals surface area contributed by atoms with E-state index in [4.69, 9.17) is 5.11 Å². The van der Waals surface area contributed by atoms with E-state index in [9.17, 15) is 22.8 Å². The van der Waals surface area contributed by atoms with E-state index in [0.29, 0.717) is 39.7 Å². The van der Waals surface area contributed by atoms with Crippen molar-refractivity contribution in [2.24, 2.45) is 0 Å². The lowest BCUT2D eigenvalue weighted by atomic mass is 9.98. The molecule has 214 valence electrons. The van der Waals surface area contributed by atoms with Crippen LogP contribution < -0.4 is 5.32 Å². The molecule has 1 heterocycles. The second-order valence-electron chi connectivity index (χ2n) is 10.4. The number of hydrogen-bond acceptors (Lipinski definition) is 2. The monoisotopic (exact) mass is 578 g/mol. The van der Waals surface area contributed by atoms with Gasteiger partial charge < -0.3 is 15.0 Å². The number of nitrogens with one attached hydrogen (secondary N) is 1. The van der Waals surface area contributed by atoms with Gasteiger partial charge in [0.25, 0.3) is 5.91 Å². The predicted octanol–water partition coefficient (Wildman–Crippen LogP) is 8.16. The zero-order chi connectivity index (χ0) is 30.1. The first-order valence-electron chi connectivity index (χ1n) is 13.5. The van der Waals surface area contributed by atoms with Crippen molar-refractivity contribution < 1.29 is 27.9 Å². The van der Waals surface area contributed by atoms with Crippen LogP contribution in [0.5, 0.6) is 0 Å². The lowest BCUT2D eigenvalue weighted by Crippen LogP contribution is -2.23. The van der Waals surface area contributed by atoms with Crippen LogP contribution in [-0.2, 0) is 19.3 Å². The zero-order valence-electron chi connectivity index (χ0n) is 22.7. The molecule has 0 aliphatic rings. The summed E-state index contributed by atoms with van der Waals surface area (Å²) >= 11 is 0. The summed E-state index contributed by atoms with van der Waals surface area (Å²) in [5, 5.41) is 15.0. The lowest BCUT2D eigenvalue weighted by molar-refractivity contribution is -0.137. The smallest absolute Gasteiger partial charge is 0.416 e. The quantitative estimate of drug-likeness (QED) is 0.201. The summed E-state index contributed by atoms with van der Waals surface area (Å²) in [6, 6.07) is 30.7. The first-order chi connectivity index (χ1) is 20.7. The molecule has 0 spiro atoms. The van der Waals surface area contributed by atoms with Gasteiger partial charge in [0.15, 0.2) is 0 Å². The van der Waals surface area contributed by atoms with Crippen molar-refractivity contribution >= 4 is 33.6 Å². The number of benzene rings is 5. The minimum atomic E-state index is -4.50. The Hall–Kier alpha value is -5.37.